The van der Waals surface area contributed by atoms with Crippen LogP contribution >= 0.6 is 0 Å². The first-order valence-corrected chi connectivity index (χ1v) is 6.72. The Morgan fingerprint density at radius 2 is 2.00 bits per heavy atom. The minimum Gasteiger partial charge on any atom is -0.506 e. The number of aromatic nitrogens is 1. The largest absolute Gasteiger partial charge is 0.506 e. The van der Waals surface area contributed by atoms with Gasteiger partial charge < -0.3 is 5.11 Å². The topological polar surface area (TPSA) is 79.3 Å². The number of rotatable bonds is 3. The average Bonchev–Trinajstić information content (AvgIpc) is 2.70. The van der Waals surface area contributed by atoms with Gasteiger partial charge in [-0.15, -0.1) is 0 Å². The fourth-order valence-corrected chi connectivity index (χ4v) is 3.17. The van der Waals surface area contributed by atoms with E-state index in [9.17, 15) is 13.5 Å². The van der Waals surface area contributed by atoms with Crippen LogP contribution in [0.15, 0.2) is 23.4 Å². The summed E-state index contributed by atoms with van der Waals surface area (Å²) in [6.07, 6.45) is 6.32. The first-order valence-electron chi connectivity index (χ1n) is 5.24. The Morgan fingerprint density at radius 3 is 2.62 bits per heavy atom. The quantitative estimate of drug-likeness (QED) is 0.829. The van der Waals surface area contributed by atoms with E-state index < -0.39 is 10.0 Å². The molecule has 5 nitrogen and oxygen atoms in total. The summed E-state index contributed by atoms with van der Waals surface area (Å²) in [6, 6.07) is 1.22. The van der Waals surface area contributed by atoms with Crippen molar-refractivity contribution in [3.8, 4) is 5.75 Å². The predicted molar refractivity (Wildman–Crippen MR) is 58.5 cm³/mol. The van der Waals surface area contributed by atoms with Crippen LogP contribution < -0.4 is 4.72 Å². The molecule has 1 aliphatic rings. The van der Waals surface area contributed by atoms with Crippen LogP contribution in [0, 0.1) is 0 Å². The van der Waals surface area contributed by atoms with E-state index in [0.29, 0.717) is 0 Å². The van der Waals surface area contributed by atoms with Crippen molar-refractivity contribution in [3.05, 3.63) is 18.5 Å². The van der Waals surface area contributed by atoms with Crippen molar-refractivity contribution in [2.45, 2.75) is 36.6 Å². The fourth-order valence-electron chi connectivity index (χ4n) is 1.89. The smallest absolute Gasteiger partial charge is 0.242 e. The van der Waals surface area contributed by atoms with Crippen LogP contribution in [0.4, 0.5) is 0 Å². The van der Waals surface area contributed by atoms with Gasteiger partial charge in [0.05, 0.1) is 6.20 Å². The van der Waals surface area contributed by atoms with Gasteiger partial charge in [-0.25, -0.2) is 13.1 Å². The molecule has 0 spiro atoms. The van der Waals surface area contributed by atoms with Gasteiger partial charge in [0.1, 0.15) is 10.6 Å². The van der Waals surface area contributed by atoms with Crippen LogP contribution in [-0.2, 0) is 10.0 Å². The van der Waals surface area contributed by atoms with E-state index in [0.717, 1.165) is 25.7 Å². The van der Waals surface area contributed by atoms with Crippen molar-refractivity contribution in [1.82, 2.24) is 9.71 Å². The third-order valence-corrected chi connectivity index (χ3v) is 4.17. The summed E-state index contributed by atoms with van der Waals surface area (Å²) < 4.78 is 26.4. The lowest BCUT2D eigenvalue weighted by molar-refractivity contribution is 0.469. The summed E-state index contributed by atoms with van der Waals surface area (Å²) in [5.41, 5.74) is 0. The molecule has 0 amide bonds. The van der Waals surface area contributed by atoms with Crippen LogP contribution in [0.1, 0.15) is 25.7 Å². The van der Waals surface area contributed by atoms with Gasteiger partial charge in [-0.2, -0.15) is 0 Å². The third kappa shape index (κ3) is 2.51. The maximum atomic E-state index is 11.9. The Bertz CT molecular complexity index is 467. The Labute approximate surface area is 94.6 Å². The van der Waals surface area contributed by atoms with Crippen LogP contribution in [-0.4, -0.2) is 24.6 Å². The second-order valence-corrected chi connectivity index (χ2v) is 5.70. The van der Waals surface area contributed by atoms with Gasteiger partial charge in [0.2, 0.25) is 10.0 Å². The molecule has 0 atom stereocenters. The molecule has 2 rings (SSSR count). The van der Waals surface area contributed by atoms with E-state index >= 15 is 0 Å². The standard InChI is InChI=1S/C10H14N2O3S/c13-9-5-10(7-11-6-9)16(14,15)12-8-3-1-2-4-8/h5-8,12-13H,1-4H2. The molecule has 2 N–H and O–H groups in total. The maximum Gasteiger partial charge on any atom is 0.242 e. The number of nitrogens with zero attached hydrogens (tertiary/aromatic N) is 1. The highest BCUT2D eigenvalue weighted by Gasteiger charge is 2.23. The Hall–Kier alpha value is -1.14. The molecule has 88 valence electrons. The molecule has 0 radical (unpaired) electrons. The maximum absolute atomic E-state index is 11.9. The first-order chi connectivity index (χ1) is 7.58. The molecule has 16 heavy (non-hydrogen) atoms. The molecule has 1 aliphatic carbocycles. The normalized spacial score (nSPS) is 17.8. The SMILES string of the molecule is O=S(=O)(NC1CCCC1)c1cncc(O)c1. The summed E-state index contributed by atoms with van der Waals surface area (Å²) in [7, 11) is -3.54. The van der Waals surface area contributed by atoms with Gasteiger partial charge in [-0.05, 0) is 12.8 Å². The van der Waals surface area contributed by atoms with Crippen LogP contribution in [0.25, 0.3) is 0 Å². The minimum absolute atomic E-state index is 0.0133. The minimum atomic E-state index is -3.54. The number of hydrogen-bond acceptors (Lipinski definition) is 4. The van der Waals surface area contributed by atoms with Crippen LogP contribution in [0.2, 0.25) is 0 Å². The number of sulfonamides is 1. The molecule has 0 aliphatic heterocycles. The van der Waals surface area contributed by atoms with Gasteiger partial charge in [-0.3, -0.25) is 4.98 Å². The van der Waals surface area contributed by atoms with E-state index in [4.69, 9.17) is 0 Å². The lowest BCUT2D eigenvalue weighted by Crippen LogP contribution is -2.32. The Morgan fingerprint density at radius 1 is 1.31 bits per heavy atom. The van der Waals surface area contributed by atoms with E-state index in [1.165, 1.54) is 18.5 Å². The van der Waals surface area contributed by atoms with Crippen molar-refractivity contribution >= 4 is 10.0 Å². The summed E-state index contributed by atoms with van der Waals surface area (Å²) in [4.78, 5) is 3.67. The molecule has 1 saturated carbocycles. The average molecular weight is 242 g/mol. The van der Waals surface area contributed by atoms with Crippen molar-refractivity contribution < 1.29 is 13.5 Å². The second kappa shape index (κ2) is 4.39. The van der Waals surface area contributed by atoms with Gasteiger partial charge in [0.15, 0.2) is 0 Å². The molecule has 1 aromatic rings. The third-order valence-electron chi connectivity index (χ3n) is 2.69. The number of nitrogens with one attached hydrogen (secondary N) is 1. The molecule has 1 fully saturated rings. The van der Waals surface area contributed by atoms with E-state index in [-0.39, 0.29) is 16.7 Å². The zero-order valence-corrected chi connectivity index (χ0v) is 9.57. The summed E-state index contributed by atoms with van der Waals surface area (Å²) in [5, 5.41) is 9.18. The summed E-state index contributed by atoms with van der Waals surface area (Å²) in [6.45, 7) is 0. The highest BCUT2D eigenvalue weighted by atomic mass is 32.2. The molecule has 1 heterocycles. The molecule has 1 aromatic heterocycles. The summed E-state index contributed by atoms with van der Waals surface area (Å²) >= 11 is 0. The van der Waals surface area contributed by atoms with Crippen molar-refractivity contribution in [2.75, 3.05) is 0 Å². The monoisotopic (exact) mass is 242 g/mol. The molecular weight excluding hydrogens is 228 g/mol. The van der Waals surface area contributed by atoms with Gasteiger partial charge in [0.25, 0.3) is 0 Å². The fraction of sp³-hybridized carbons (Fsp3) is 0.500. The highest BCUT2D eigenvalue weighted by Crippen LogP contribution is 2.21. The predicted octanol–water partition coefficient (Wildman–Crippen LogP) is 1.01. The van der Waals surface area contributed by atoms with Gasteiger partial charge >= 0.3 is 0 Å². The van der Waals surface area contributed by atoms with Crippen LogP contribution in [0.3, 0.4) is 0 Å². The summed E-state index contributed by atoms with van der Waals surface area (Å²) in [5.74, 6) is -0.144. The molecule has 0 saturated heterocycles. The number of hydrogen-bond donors (Lipinski definition) is 2. The molecular formula is C10H14N2O3S. The van der Waals surface area contributed by atoms with Crippen molar-refractivity contribution in [2.24, 2.45) is 0 Å². The van der Waals surface area contributed by atoms with Crippen molar-refractivity contribution in [3.63, 3.8) is 0 Å². The van der Waals surface area contributed by atoms with E-state index in [1.807, 2.05) is 0 Å². The lowest BCUT2D eigenvalue weighted by atomic mass is 10.3. The van der Waals surface area contributed by atoms with Crippen LogP contribution in [0.5, 0.6) is 5.75 Å². The van der Waals surface area contributed by atoms with Gasteiger partial charge in [-0.1, -0.05) is 12.8 Å². The lowest BCUT2D eigenvalue weighted by Gasteiger charge is -2.12. The van der Waals surface area contributed by atoms with E-state index in [2.05, 4.69) is 9.71 Å². The first kappa shape index (κ1) is 11.3. The molecule has 0 bridgehead atoms. The van der Waals surface area contributed by atoms with Gasteiger partial charge in [0, 0.05) is 18.3 Å². The second-order valence-electron chi connectivity index (χ2n) is 3.98. The zero-order valence-electron chi connectivity index (χ0n) is 8.76. The molecule has 6 heteroatoms. The number of aromatic hydroxyl groups is 1. The zero-order chi connectivity index (χ0) is 11.6. The van der Waals surface area contributed by atoms with E-state index in [1.54, 1.807) is 0 Å². The highest BCUT2D eigenvalue weighted by molar-refractivity contribution is 7.89. The Kier molecular flexibility index (Phi) is 3.11. The van der Waals surface area contributed by atoms with Crippen molar-refractivity contribution in [1.29, 1.82) is 0 Å². The number of pyridine rings is 1. The molecule has 0 unspecified atom stereocenters. The Balaban J connectivity index is 2.18. The molecule has 0 aromatic carbocycles.